The summed E-state index contributed by atoms with van der Waals surface area (Å²) in [6.45, 7) is 14.2. The molecule has 6 heteroatoms. The predicted octanol–water partition coefficient (Wildman–Crippen LogP) is 3.20. The summed E-state index contributed by atoms with van der Waals surface area (Å²) >= 11 is 0. The topological polar surface area (TPSA) is 52.1 Å². The summed E-state index contributed by atoms with van der Waals surface area (Å²) in [4.78, 5) is 10.00. The van der Waals surface area contributed by atoms with Gasteiger partial charge in [-0.25, -0.2) is 0 Å². The fraction of sp³-hybridized carbons (Fsp3) is 0.708. The monoisotopic (exact) mass is 415 g/mol. The fourth-order valence-corrected chi connectivity index (χ4v) is 4.70. The molecule has 1 aromatic rings. The van der Waals surface area contributed by atoms with Crippen LogP contribution < -0.4 is 20.3 Å². The lowest BCUT2D eigenvalue weighted by Gasteiger charge is -2.33. The third-order valence-corrected chi connectivity index (χ3v) is 6.03. The number of likely N-dealkylation sites (tertiary alicyclic amines) is 1. The van der Waals surface area contributed by atoms with Crippen LogP contribution in [0.4, 0.5) is 5.69 Å². The van der Waals surface area contributed by atoms with Gasteiger partial charge in [-0.2, -0.15) is 0 Å². The molecule has 6 nitrogen and oxygen atoms in total. The van der Waals surface area contributed by atoms with E-state index in [4.69, 9.17) is 9.73 Å². The molecule has 2 aliphatic heterocycles. The summed E-state index contributed by atoms with van der Waals surface area (Å²) in [5.41, 5.74) is 1.18. The molecule has 2 fully saturated rings. The van der Waals surface area contributed by atoms with Crippen LogP contribution in [0, 0.1) is 11.8 Å². The number of para-hydroxylation sites is 2. The van der Waals surface area contributed by atoms with Crippen LogP contribution in [0.25, 0.3) is 0 Å². The van der Waals surface area contributed by atoms with Gasteiger partial charge < -0.3 is 25.2 Å². The van der Waals surface area contributed by atoms with Crippen molar-refractivity contribution in [3.8, 4) is 5.75 Å². The van der Waals surface area contributed by atoms with Crippen molar-refractivity contribution < 1.29 is 4.74 Å². The van der Waals surface area contributed by atoms with Gasteiger partial charge in [-0.3, -0.25) is 4.99 Å². The van der Waals surface area contributed by atoms with E-state index in [0.717, 1.165) is 50.2 Å². The number of nitrogens with one attached hydrogen (secondary N) is 2. The second kappa shape index (κ2) is 11.4. The molecule has 0 aromatic heterocycles. The standard InChI is InChI=1S/C24H41N5O/c1-5-25-24(26-15-20-9-8-13-28(17-20)16-19(2)3)27-21-12-14-29(18-21)22-10-6-7-11-23(22)30-4/h6-7,10-11,19-21H,5,8-9,12-18H2,1-4H3,(H2,25,26,27). The summed E-state index contributed by atoms with van der Waals surface area (Å²) in [6.07, 6.45) is 3.70. The molecule has 0 radical (unpaired) electrons. The average Bonchev–Trinajstić information content (AvgIpc) is 3.20. The molecule has 1 aromatic carbocycles. The van der Waals surface area contributed by atoms with E-state index in [0.29, 0.717) is 12.0 Å². The highest BCUT2D eigenvalue weighted by molar-refractivity contribution is 5.80. The lowest BCUT2D eigenvalue weighted by molar-refractivity contribution is 0.162. The van der Waals surface area contributed by atoms with E-state index in [2.05, 4.69) is 53.3 Å². The Bertz CT molecular complexity index is 677. The van der Waals surface area contributed by atoms with Crippen molar-refractivity contribution in [3.05, 3.63) is 24.3 Å². The summed E-state index contributed by atoms with van der Waals surface area (Å²) in [7, 11) is 1.74. The first-order valence-corrected chi connectivity index (χ1v) is 11.7. The number of hydrogen-bond donors (Lipinski definition) is 2. The zero-order chi connectivity index (χ0) is 21.3. The van der Waals surface area contributed by atoms with Crippen molar-refractivity contribution in [1.82, 2.24) is 15.5 Å². The van der Waals surface area contributed by atoms with E-state index in [1.165, 1.54) is 38.2 Å². The number of guanidine groups is 1. The normalized spacial score (nSPS) is 23.1. The van der Waals surface area contributed by atoms with Crippen molar-refractivity contribution in [2.45, 2.75) is 46.1 Å². The highest BCUT2D eigenvalue weighted by atomic mass is 16.5. The fourth-order valence-electron chi connectivity index (χ4n) is 4.70. The molecule has 2 atom stereocenters. The molecule has 0 amide bonds. The van der Waals surface area contributed by atoms with Crippen LogP contribution >= 0.6 is 0 Å². The van der Waals surface area contributed by atoms with Gasteiger partial charge in [0, 0.05) is 45.3 Å². The first-order valence-electron chi connectivity index (χ1n) is 11.7. The van der Waals surface area contributed by atoms with Crippen molar-refractivity contribution in [1.29, 1.82) is 0 Å². The molecular weight excluding hydrogens is 374 g/mol. The van der Waals surface area contributed by atoms with E-state index in [-0.39, 0.29) is 0 Å². The number of piperidine rings is 1. The predicted molar refractivity (Wildman–Crippen MR) is 127 cm³/mol. The Morgan fingerprint density at radius 2 is 2.03 bits per heavy atom. The van der Waals surface area contributed by atoms with Crippen LogP contribution in [0.5, 0.6) is 5.75 Å². The third kappa shape index (κ3) is 6.53. The quantitative estimate of drug-likeness (QED) is 0.504. The van der Waals surface area contributed by atoms with Gasteiger partial charge in [0.15, 0.2) is 5.96 Å². The average molecular weight is 416 g/mol. The zero-order valence-corrected chi connectivity index (χ0v) is 19.4. The van der Waals surface area contributed by atoms with Crippen LogP contribution in [0.1, 0.15) is 40.0 Å². The van der Waals surface area contributed by atoms with Crippen LogP contribution in [0.3, 0.4) is 0 Å². The molecule has 30 heavy (non-hydrogen) atoms. The summed E-state index contributed by atoms with van der Waals surface area (Å²) in [5.74, 6) is 3.31. The maximum absolute atomic E-state index is 5.55. The molecule has 168 valence electrons. The first kappa shape index (κ1) is 22.7. The molecule has 2 heterocycles. The minimum atomic E-state index is 0.400. The van der Waals surface area contributed by atoms with E-state index in [1.807, 2.05) is 12.1 Å². The van der Waals surface area contributed by atoms with Gasteiger partial charge in [0.2, 0.25) is 0 Å². The Labute approximate surface area is 183 Å². The minimum absolute atomic E-state index is 0.400. The zero-order valence-electron chi connectivity index (χ0n) is 19.4. The second-order valence-corrected chi connectivity index (χ2v) is 9.13. The Hall–Kier alpha value is -1.95. The molecular formula is C24H41N5O. The van der Waals surface area contributed by atoms with Gasteiger partial charge in [-0.05, 0) is 56.7 Å². The highest BCUT2D eigenvalue weighted by Crippen LogP contribution is 2.30. The molecule has 0 aliphatic carbocycles. The highest BCUT2D eigenvalue weighted by Gasteiger charge is 2.25. The van der Waals surface area contributed by atoms with Gasteiger partial charge in [-0.1, -0.05) is 26.0 Å². The van der Waals surface area contributed by atoms with Gasteiger partial charge in [0.25, 0.3) is 0 Å². The summed E-state index contributed by atoms with van der Waals surface area (Å²) in [6, 6.07) is 8.69. The first-order chi connectivity index (χ1) is 14.6. The van der Waals surface area contributed by atoms with Gasteiger partial charge in [-0.15, -0.1) is 0 Å². The van der Waals surface area contributed by atoms with E-state index < -0.39 is 0 Å². The van der Waals surface area contributed by atoms with Crippen LogP contribution in [0.2, 0.25) is 0 Å². The van der Waals surface area contributed by atoms with Crippen LogP contribution in [0.15, 0.2) is 29.3 Å². The molecule has 3 rings (SSSR count). The molecule has 2 saturated heterocycles. The molecule has 0 bridgehead atoms. The smallest absolute Gasteiger partial charge is 0.191 e. The van der Waals surface area contributed by atoms with Gasteiger partial charge >= 0.3 is 0 Å². The number of hydrogen-bond acceptors (Lipinski definition) is 4. The molecule has 0 spiro atoms. The number of anilines is 1. The number of benzene rings is 1. The maximum Gasteiger partial charge on any atom is 0.191 e. The number of nitrogens with zero attached hydrogens (tertiary/aromatic N) is 3. The Balaban J connectivity index is 1.54. The number of methoxy groups -OCH3 is 1. The van der Waals surface area contributed by atoms with Crippen molar-refractivity contribution in [3.63, 3.8) is 0 Å². The van der Waals surface area contributed by atoms with Crippen LogP contribution in [-0.2, 0) is 0 Å². The molecule has 2 unspecified atom stereocenters. The lowest BCUT2D eigenvalue weighted by atomic mass is 9.97. The maximum atomic E-state index is 5.55. The number of rotatable bonds is 8. The molecule has 2 aliphatic rings. The van der Waals surface area contributed by atoms with Crippen molar-refractivity contribution in [2.75, 3.05) is 57.8 Å². The molecule has 0 saturated carbocycles. The SMILES string of the molecule is CCNC(=NCC1CCCN(CC(C)C)C1)NC1CCN(c2ccccc2OC)C1. The molecule has 2 N–H and O–H groups in total. The Kier molecular flexibility index (Phi) is 8.67. The lowest BCUT2D eigenvalue weighted by Crippen LogP contribution is -2.45. The number of ether oxygens (including phenoxy) is 1. The Morgan fingerprint density at radius 1 is 1.20 bits per heavy atom. The van der Waals surface area contributed by atoms with E-state index in [9.17, 15) is 0 Å². The third-order valence-electron chi connectivity index (χ3n) is 6.03. The second-order valence-electron chi connectivity index (χ2n) is 9.13. The largest absolute Gasteiger partial charge is 0.495 e. The number of aliphatic imine (C=N–C) groups is 1. The van der Waals surface area contributed by atoms with Crippen molar-refractivity contribution in [2.24, 2.45) is 16.8 Å². The van der Waals surface area contributed by atoms with E-state index >= 15 is 0 Å². The van der Waals surface area contributed by atoms with Gasteiger partial charge in [0.1, 0.15) is 5.75 Å². The van der Waals surface area contributed by atoms with Crippen molar-refractivity contribution >= 4 is 11.6 Å². The minimum Gasteiger partial charge on any atom is -0.495 e. The Morgan fingerprint density at radius 3 is 2.80 bits per heavy atom. The summed E-state index contributed by atoms with van der Waals surface area (Å²) < 4.78 is 5.55. The van der Waals surface area contributed by atoms with E-state index in [1.54, 1.807) is 7.11 Å². The van der Waals surface area contributed by atoms with Gasteiger partial charge in [0.05, 0.1) is 12.8 Å². The van der Waals surface area contributed by atoms with Crippen LogP contribution in [-0.4, -0.2) is 69.8 Å². The summed E-state index contributed by atoms with van der Waals surface area (Å²) in [5, 5.41) is 7.13.